The molecule has 0 saturated carbocycles. The van der Waals surface area contributed by atoms with E-state index < -0.39 is 10.0 Å². The molecule has 2 saturated heterocycles. The van der Waals surface area contributed by atoms with Crippen LogP contribution in [0.15, 0.2) is 29.2 Å². The minimum atomic E-state index is -3.47. The Bertz CT molecular complexity index is 716. The molecule has 3 rings (SSSR count). The zero-order chi connectivity index (χ0) is 18.0. The summed E-state index contributed by atoms with van der Waals surface area (Å²) >= 11 is 0. The van der Waals surface area contributed by atoms with Gasteiger partial charge in [-0.1, -0.05) is 6.92 Å². The average molecular weight is 402 g/mol. The van der Waals surface area contributed by atoms with Gasteiger partial charge in [-0.25, -0.2) is 8.42 Å². The van der Waals surface area contributed by atoms with Gasteiger partial charge in [-0.15, -0.1) is 12.4 Å². The van der Waals surface area contributed by atoms with E-state index in [-0.39, 0.29) is 29.3 Å². The van der Waals surface area contributed by atoms with E-state index in [2.05, 4.69) is 6.92 Å². The van der Waals surface area contributed by atoms with Crippen LogP contribution in [0.5, 0.6) is 0 Å². The minimum absolute atomic E-state index is 0. The first-order chi connectivity index (χ1) is 11.9. The third-order valence-electron chi connectivity index (χ3n) is 5.39. The zero-order valence-corrected chi connectivity index (χ0v) is 16.8. The maximum Gasteiger partial charge on any atom is 0.254 e. The Hall–Kier alpha value is -1.15. The first kappa shape index (κ1) is 21.2. The topological polar surface area (TPSA) is 83.7 Å². The van der Waals surface area contributed by atoms with Crippen molar-refractivity contribution in [2.24, 2.45) is 11.7 Å². The molecule has 2 fully saturated rings. The quantitative estimate of drug-likeness (QED) is 0.837. The molecule has 6 nitrogen and oxygen atoms in total. The SMILES string of the molecule is CC1CCN(S(=O)(=O)c2ccc(C(=O)N3CCCC3CN)cc2)CC1.Cl. The second-order valence-electron chi connectivity index (χ2n) is 7.14. The smallest absolute Gasteiger partial charge is 0.254 e. The third-order valence-corrected chi connectivity index (χ3v) is 7.30. The van der Waals surface area contributed by atoms with E-state index >= 15 is 0 Å². The van der Waals surface area contributed by atoms with Crippen LogP contribution in [0.2, 0.25) is 0 Å². The molecule has 26 heavy (non-hydrogen) atoms. The first-order valence-electron chi connectivity index (χ1n) is 9.04. The Kier molecular flexibility index (Phi) is 7.07. The Labute approximate surface area is 162 Å². The highest BCUT2D eigenvalue weighted by Crippen LogP contribution is 2.24. The highest BCUT2D eigenvalue weighted by Gasteiger charge is 2.30. The highest BCUT2D eigenvalue weighted by molar-refractivity contribution is 7.89. The van der Waals surface area contributed by atoms with E-state index in [1.165, 1.54) is 0 Å². The van der Waals surface area contributed by atoms with E-state index in [0.717, 1.165) is 25.7 Å². The molecule has 2 aliphatic rings. The van der Waals surface area contributed by atoms with E-state index in [1.807, 2.05) is 0 Å². The Morgan fingerprint density at radius 3 is 2.31 bits per heavy atom. The van der Waals surface area contributed by atoms with Gasteiger partial charge in [-0.05, 0) is 55.9 Å². The van der Waals surface area contributed by atoms with Gasteiger partial charge in [-0.2, -0.15) is 4.31 Å². The van der Waals surface area contributed by atoms with Gasteiger partial charge in [0.2, 0.25) is 10.0 Å². The fourth-order valence-electron chi connectivity index (χ4n) is 3.66. The van der Waals surface area contributed by atoms with Gasteiger partial charge in [0.25, 0.3) is 5.91 Å². The molecule has 0 spiro atoms. The maximum atomic E-state index is 12.7. The molecule has 1 amide bonds. The molecule has 1 unspecified atom stereocenters. The predicted octanol–water partition coefficient (Wildman–Crippen LogP) is 2.09. The molecule has 146 valence electrons. The number of nitrogens with two attached hydrogens (primary N) is 1. The number of hydrogen-bond donors (Lipinski definition) is 1. The summed E-state index contributed by atoms with van der Waals surface area (Å²) in [6, 6.07) is 6.43. The number of likely N-dealkylation sites (tertiary alicyclic amines) is 1. The summed E-state index contributed by atoms with van der Waals surface area (Å²) in [5, 5.41) is 0. The molecule has 1 aromatic rings. The molecular weight excluding hydrogens is 374 g/mol. The van der Waals surface area contributed by atoms with Gasteiger partial charge in [0.1, 0.15) is 0 Å². The van der Waals surface area contributed by atoms with E-state index in [0.29, 0.717) is 37.7 Å². The molecule has 0 aliphatic carbocycles. The fraction of sp³-hybridized carbons (Fsp3) is 0.611. The standard InChI is InChI=1S/C18H27N3O3S.ClH/c1-14-8-11-20(12-9-14)25(23,24)17-6-4-15(5-7-17)18(22)21-10-2-3-16(21)13-19;/h4-7,14,16H,2-3,8-13,19H2,1H3;1H. The Morgan fingerprint density at radius 2 is 1.73 bits per heavy atom. The number of halogens is 1. The molecule has 2 aliphatic heterocycles. The number of sulfonamides is 1. The highest BCUT2D eigenvalue weighted by atomic mass is 35.5. The molecular formula is C18H28ClN3O3S. The second-order valence-corrected chi connectivity index (χ2v) is 9.08. The molecule has 0 aromatic heterocycles. The summed E-state index contributed by atoms with van der Waals surface area (Å²) in [5.74, 6) is 0.506. The summed E-state index contributed by atoms with van der Waals surface area (Å²) in [7, 11) is -3.47. The van der Waals surface area contributed by atoms with Crippen LogP contribution in [0.25, 0.3) is 0 Å². The van der Waals surface area contributed by atoms with E-state index in [4.69, 9.17) is 5.73 Å². The normalized spacial score (nSPS) is 22.2. The molecule has 2 heterocycles. The number of amides is 1. The van der Waals surface area contributed by atoms with Crippen LogP contribution in [-0.4, -0.2) is 55.8 Å². The van der Waals surface area contributed by atoms with Crippen LogP contribution in [0.4, 0.5) is 0 Å². The number of hydrogen-bond acceptors (Lipinski definition) is 4. The lowest BCUT2D eigenvalue weighted by molar-refractivity contribution is 0.0741. The van der Waals surface area contributed by atoms with Crippen LogP contribution in [0.1, 0.15) is 43.0 Å². The van der Waals surface area contributed by atoms with Crippen molar-refractivity contribution in [2.45, 2.75) is 43.5 Å². The lowest BCUT2D eigenvalue weighted by atomic mass is 10.0. The van der Waals surface area contributed by atoms with Crippen molar-refractivity contribution in [3.8, 4) is 0 Å². The summed E-state index contributed by atoms with van der Waals surface area (Å²) in [6.07, 6.45) is 3.69. The van der Waals surface area contributed by atoms with Gasteiger partial charge in [-0.3, -0.25) is 4.79 Å². The number of carbonyl (C=O) groups is 1. The molecule has 0 bridgehead atoms. The van der Waals surface area contributed by atoms with Crippen LogP contribution < -0.4 is 5.73 Å². The van der Waals surface area contributed by atoms with Crippen molar-refractivity contribution in [3.63, 3.8) is 0 Å². The summed E-state index contributed by atoms with van der Waals surface area (Å²) in [4.78, 5) is 14.7. The lowest BCUT2D eigenvalue weighted by Crippen LogP contribution is -2.40. The van der Waals surface area contributed by atoms with Gasteiger partial charge in [0, 0.05) is 37.8 Å². The number of carbonyl (C=O) groups excluding carboxylic acids is 1. The molecule has 2 N–H and O–H groups in total. The zero-order valence-electron chi connectivity index (χ0n) is 15.1. The van der Waals surface area contributed by atoms with Gasteiger partial charge < -0.3 is 10.6 Å². The Balaban J connectivity index is 0.00000243. The van der Waals surface area contributed by atoms with Crippen LogP contribution in [0, 0.1) is 5.92 Å². The molecule has 0 radical (unpaired) electrons. The van der Waals surface area contributed by atoms with Crippen LogP contribution >= 0.6 is 12.4 Å². The maximum absolute atomic E-state index is 12.7. The van der Waals surface area contributed by atoms with Crippen molar-refractivity contribution in [1.29, 1.82) is 0 Å². The van der Waals surface area contributed by atoms with Crippen LogP contribution in [-0.2, 0) is 10.0 Å². The number of rotatable bonds is 4. The first-order valence-corrected chi connectivity index (χ1v) is 10.5. The molecule has 1 aromatic carbocycles. The predicted molar refractivity (Wildman–Crippen MR) is 104 cm³/mol. The van der Waals surface area contributed by atoms with Crippen molar-refractivity contribution < 1.29 is 13.2 Å². The Morgan fingerprint density at radius 1 is 1.12 bits per heavy atom. The summed E-state index contributed by atoms with van der Waals surface area (Å²) < 4.78 is 27.0. The number of nitrogens with zero attached hydrogens (tertiary/aromatic N) is 2. The van der Waals surface area contributed by atoms with E-state index in [9.17, 15) is 13.2 Å². The lowest BCUT2D eigenvalue weighted by Gasteiger charge is -2.29. The van der Waals surface area contributed by atoms with Gasteiger partial charge in [0.15, 0.2) is 0 Å². The van der Waals surface area contributed by atoms with Crippen LogP contribution in [0.3, 0.4) is 0 Å². The largest absolute Gasteiger partial charge is 0.334 e. The van der Waals surface area contributed by atoms with Crippen molar-refractivity contribution >= 4 is 28.3 Å². The van der Waals surface area contributed by atoms with E-state index in [1.54, 1.807) is 33.5 Å². The third kappa shape index (κ3) is 4.22. The average Bonchev–Trinajstić information content (AvgIpc) is 3.10. The minimum Gasteiger partial charge on any atom is -0.334 e. The van der Waals surface area contributed by atoms with Crippen molar-refractivity contribution in [3.05, 3.63) is 29.8 Å². The fourth-order valence-corrected chi connectivity index (χ4v) is 5.13. The second kappa shape index (κ2) is 8.69. The summed E-state index contributed by atoms with van der Waals surface area (Å²) in [5.41, 5.74) is 6.25. The molecule has 8 heteroatoms. The van der Waals surface area contributed by atoms with Gasteiger partial charge >= 0.3 is 0 Å². The van der Waals surface area contributed by atoms with Crippen molar-refractivity contribution in [2.75, 3.05) is 26.2 Å². The number of benzene rings is 1. The monoisotopic (exact) mass is 401 g/mol. The number of piperidine rings is 1. The van der Waals surface area contributed by atoms with Gasteiger partial charge in [0.05, 0.1) is 4.90 Å². The molecule has 1 atom stereocenters. The summed E-state index contributed by atoms with van der Waals surface area (Å²) in [6.45, 7) is 4.46. The van der Waals surface area contributed by atoms with Crippen molar-refractivity contribution in [1.82, 2.24) is 9.21 Å².